The van der Waals surface area contributed by atoms with Gasteiger partial charge in [-0.1, -0.05) is 24.3 Å². The Morgan fingerprint density at radius 3 is 2.37 bits per heavy atom. The average Bonchev–Trinajstić information content (AvgIpc) is 3.27. The zero-order valence-corrected chi connectivity index (χ0v) is 16.4. The number of furan rings is 1. The highest BCUT2D eigenvalue weighted by atomic mass is 16.5. The minimum atomic E-state index is -0.631. The first-order valence-corrected chi connectivity index (χ1v) is 9.69. The van der Waals surface area contributed by atoms with Gasteiger partial charge in [0.25, 0.3) is 5.91 Å². The first kappa shape index (κ1) is 20.0. The molecule has 0 atom stereocenters. The van der Waals surface area contributed by atoms with Crippen LogP contribution in [-0.4, -0.2) is 57.3 Å². The predicted octanol–water partition coefficient (Wildman–Crippen LogP) is 1.67. The summed E-state index contributed by atoms with van der Waals surface area (Å²) in [6.45, 7) is 3.96. The Morgan fingerprint density at radius 1 is 1.03 bits per heavy atom. The van der Waals surface area contributed by atoms with Gasteiger partial charge in [0.1, 0.15) is 11.5 Å². The Balaban J connectivity index is 1.31. The minimum Gasteiger partial charge on any atom is -0.460 e. The topological polar surface area (TPSA) is 115 Å². The lowest BCUT2D eigenvalue weighted by Gasteiger charge is -2.34. The fraction of sp³-hybridized carbons (Fsp3) is 0.286. The van der Waals surface area contributed by atoms with Crippen LogP contribution in [0, 0.1) is 0 Å². The van der Waals surface area contributed by atoms with E-state index in [1.54, 1.807) is 5.48 Å². The average molecular weight is 409 g/mol. The quantitative estimate of drug-likeness (QED) is 0.416. The molecule has 3 heterocycles. The number of amides is 1. The Kier molecular flexibility index (Phi) is 6.03. The molecule has 3 N–H and O–H groups in total. The second kappa shape index (κ2) is 9.04. The molecule has 9 heteroatoms. The van der Waals surface area contributed by atoms with Crippen LogP contribution in [0.2, 0.25) is 0 Å². The van der Waals surface area contributed by atoms with Gasteiger partial charge in [-0.15, -0.1) is 0 Å². The molecule has 9 nitrogen and oxygen atoms in total. The number of hydrogen-bond donors (Lipinski definition) is 3. The summed E-state index contributed by atoms with van der Waals surface area (Å²) in [6.07, 6.45) is 2.80. The van der Waals surface area contributed by atoms with Gasteiger partial charge < -0.3 is 14.4 Å². The van der Waals surface area contributed by atoms with Crippen molar-refractivity contribution in [2.24, 2.45) is 0 Å². The van der Waals surface area contributed by atoms with Crippen molar-refractivity contribution in [3.05, 3.63) is 65.7 Å². The molecule has 1 aromatic carbocycles. The van der Waals surface area contributed by atoms with Gasteiger partial charge in [-0.3, -0.25) is 14.9 Å². The van der Waals surface area contributed by atoms with Crippen molar-refractivity contribution in [1.29, 1.82) is 0 Å². The first-order valence-electron chi connectivity index (χ1n) is 9.69. The number of benzene rings is 1. The smallest absolute Gasteiger partial charge is 0.277 e. The molecule has 30 heavy (non-hydrogen) atoms. The number of aliphatic hydroxyl groups excluding tert-OH is 1. The summed E-state index contributed by atoms with van der Waals surface area (Å²) in [6, 6.07) is 11.6. The summed E-state index contributed by atoms with van der Waals surface area (Å²) >= 11 is 0. The zero-order chi connectivity index (χ0) is 20.9. The van der Waals surface area contributed by atoms with Crippen LogP contribution in [0.5, 0.6) is 0 Å². The third kappa shape index (κ3) is 4.48. The Bertz CT molecular complexity index is 979. The standard InChI is InChI=1S/C21H23N5O4/c27-14-15-1-3-16(4-2-15)19-6-5-18(30-19)13-25-7-9-26(10-8-25)21-22-11-17(12-23-21)20(28)24-29/h1-6,11-12,27,29H,7-10,13-14H2,(H,24,28). The highest BCUT2D eigenvalue weighted by molar-refractivity contribution is 5.92. The van der Waals surface area contributed by atoms with Crippen LogP contribution >= 0.6 is 0 Å². The molecule has 1 amide bonds. The number of aliphatic hydroxyl groups is 1. The summed E-state index contributed by atoms with van der Waals surface area (Å²) < 4.78 is 6.00. The van der Waals surface area contributed by atoms with Gasteiger partial charge in [-0.05, 0) is 17.7 Å². The molecule has 1 aliphatic heterocycles. The van der Waals surface area contributed by atoms with Crippen LogP contribution in [0.4, 0.5) is 5.95 Å². The van der Waals surface area contributed by atoms with Gasteiger partial charge in [0.15, 0.2) is 0 Å². The van der Waals surface area contributed by atoms with Crippen LogP contribution in [0.15, 0.2) is 53.2 Å². The van der Waals surface area contributed by atoms with Gasteiger partial charge in [0.2, 0.25) is 5.95 Å². The van der Waals surface area contributed by atoms with Crippen molar-refractivity contribution < 1.29 is 19.5 Å². The van der Waals surface area contributed by atoms with Crippen molar-refractivity contribution in [3.8, 4) is 11.3 Å². The van der Waals surface area contributed by atoms with Crippen LogP contribution in [0.3, 0.4) is 0 Å². The molecule has 0 spiro atoms. The fourth-order valence-electron chi connectivity index (χ4n) is 3.39. The van der Waals surface area contributed by atoms with Crippen LogP contribution in [0.25, 0.3) is 11.3 Å². The normalized spacial score (nSPS) is 14.7. The summed E-state index contributed by atoms with van der Waals surface area (Å²) in [5, 5.41) is 17.8. The SMILES string of the molecule is O=C(NO)c1cnc(N2CCN(Cc3ccc(-c4ccc(CO)cc4)o3)CC2)nc1. The van der Waals surface area contributed by atoms with E-state index in [4.69, 9.17) is 14.7 Å². The molecule has 0 aliphatic carbocycles. The number of nitrogens with one attached hydrogen (secondary N) is 1. The number of piperazine rings is 1. The van der Waals surface area contributed by atoms with E-state index in [1.165, 1.54) is 12.4 Å². The Hall–Kier alpha value is -3.27. The largest absolute Gasteiger partial charge is 0.460 e. The third-order valence-electron chi connectivity index (χ3n) is 5.12. The summed E-state index contributed by atoms with van der Waals surface area (Å²) in [5.74, 6) is 1.65. The van der Waals surface area contributed by atoms with E-state index in [-0.39, 0.29) is 12.2 Å². The maximum atomic E-state index is 11.4. The maximum Gasteiger partial charge on any atom is 0.277 e. The minimum absolute atomic E-state index is 0.0306. The number of hydrogen-bond acceptors (Lipinski definition) is 8. The molecule has 1 aliphatic rings. The third-order valence-corrected chi connectivity index (χ3v) is 5.12. The molecule has 3 aromatic rings. The molecule has 0 unspecified atom stereocenters. The highest BCUT2D eigenvalue weighted by Crippen LogP contribution is 2.24. The number of carbonyl (C=O) groups excluding carboxylic acids is 1. The molecule has 1 fully saturated rings. The predicted molar refractivity (Wildman–Crippen MR) is 109 cm³/mol. The Morgan fingerprint density at radius 2 is 1.73 bits per heavy atom. The molecule has 0 radical (unpaired) electrons. The monoisotopic (exact) mass is 409 g/mol. The van der Waals surface area contributed by atoms with Crippen LogP contribution < -0.4 is 10.4 Å². The van der Waals surface area contributed by atoms with Crippen LogP contribution in [-0.2, 0) is 13.2 Å². The van der Waals surface area contributed by atoms with Gasteiger partial charge in [-0.25, -0.2) is 15.4 Å². The van der Waals surface area contributed by atoms with Gasteiger partial charge in [0.05, 0.1) is 18.7 Å². The van der Waals surface area contributed by atoms with Crippen molar-refractivity contribution in [1.82, 2.24) is 20.3 Å². The molecule has 156 valence electrons. The molecular weight excluding hydrogens is 386 g/mol. The summed E-state index contributed by atoms with van der Waals surface area (Å²) in [5.41, 5.74) is 3.63. The van der Waals surface area contributed by atoms with Gasteiger partial charge in [0, 0.05) is 44.1 Å². The van der Waals surface area contributed by atoms with E-state index >= 15 is 0 Å². The summed E-state index contributed by atoms with van der Waals surface area (Å²) in [4.78, 5) is 24.2. The highest BCUT2D eigenvalue weighted by Gasteiger charge is 2.20. The molecule has 1 saturated heterocycles. The van der Waals surface area contributed by atoms with Crippen molar-refractivity contribution in [2.45, 2.75) is 13.2 Å². The second-order valence-corrected chi connectivity index (χ2v) is 7.10. The number of nitrogens with zero attached hydrogens (tertiary/aromatic N) is 4. The number of carbonyl (C=O) groups is 1. The maximum absolute atomic E-state index is 11.4. The molecule has 2 aromatic heterocycles. The van der Waals surface area contributed by atoms with E-state index < -0.39 is 5.91 Å². The fourth-order valence-corrected chi connectivity index (χ4v) is 3.39. The van der Waals surface area contributed by atoms with Gasteiger partial charge in [-0.2, -0.15) is 0 Å². The number of rotatable bonds is 6. The molecular formula is C21H23N5O4. The van der Waals surface area contributed by atoms with E-state index in [9.17, 15) is 4.79 Å². The molecule has 0 saturated carbocycles. The lowest BCUT2D eigenvalue weighted by atomic mass is 10.1. The van der Waals surface area contributed by atoms with Crippen molar-refractivity contribution >= 4 is 11.9 Å². The molecule has 4 rings (SSSR count). The van der Waals surface area contributed by atoms with E-state index in [0.29, 0.717) is 5.95 Å². The lowest BCUT2D eigenvalue weighted by molar-refractivity contribution is 0.0705. The van der Waals surface area contributed by atoms with E-state index in [1.807, 2.05) is 36.4 Å². The second-order valence-electron chi connectivity index (χ2n) is 7.10. The van der Waals surface area contributed by atoms with Crippen LogP contribution in [0.1, 0.15) is 21.7 Å². The van der Waals surface area contributed by atoms with Crippen molar-refractivity contribution in [2.75, 3.05) is 31.1 Å². The number of anilines is 1. The van der Waals surface area contributed by atoms with E-state index in [0.717, 1.165) is 55.4 Å². The molecule has 0 bridgehead atoms. The zero-order valence-electron chi connectivity index (χ0n) is 16.4. The lowest BCUT2D eigenvalue weighted by Crippen LogP contribution is -2.46. The van der Waals surface area contributed by atoms with Crippen molar-refractivity contribution in [3.63, 3.8) is 0 Å². The Labute approximate surface area is 173 Å². The first-order chi connectivity index (χ1) is 14.7. The summed E-state index contributed by atoms with van der Waals surface area (Å²) in [7, 11) is 0. The number of aromatic nitrogens is 2. The van der Waals surface area contributed by atoms with E-state index in [2.05, 4.69) is 19.8 Å². The van der Waals surface area contributed by atoms with Gasteiger partial charge >= 0.3 is 0 Å². The number of hydroxylamine groups is 1.